The molecule has 0 saturated heterocycles. The van der Waals surface area contributed by atoms with Crippen LogP contribution >= 0.6 is 0 Å². The maximum Gasteiger partial charge on any atom is 0.335 e. The van der Waals surface area contributed by atoms with E-state index in [1.807, 2.05) is 0 Å². The van der Waals surface area contributed by atoms with E-state index >= 15 is 0 Å². The van der Waals surface area contributed by atoms with Gasteiger partial charge in [-0.1, -0.05) is 13.8 Å². The van der Waals surface area contributed by atoms with Crippen LogP contribution in [-0.2, 0) is 14.9 Å². The van der Waals surface area contributed by atoms with Crippen LogP contribution in [0.25, 0.3) is 0 Å². The minimum atomic E-state index is -1.26. The molecule has 0 amide bonds. The molecule has 94 valence electrons. The van der Waals surface area contributed by atoms with Gasteiger partial charge in [-0.3, -0.25) is 4.98 Å². The third kappa shape index (κ3) is 2.74. The minimum absolute atomic E-state index is 0.594. The minimum Gasteiger partial charge on any atom is -0.495 e. The molecule has 1 aromatic rings. The Bertz CT molecular complexity index is 386. The molecule has 1 atom stereocenters. The standard InChI is InChI=1S/C12H17NO4/c1-12(2,10(14)11(15)17-4)9-6-5-8(16-3)7-13-9/h5-7,10,14H,1-4H3. The highest BCUT2D eigenvalue weighted by Gasteiger charge is 2.37. The molecule has 1 unspecified atom stereocenters. The predicted molar refractivity (Wildman–Crippen MR) is 61.8 cm³/mol. The summed E-state index contributed by atoms with van der Waals surface area (Å²) in [5, 5.41) is 9.88. The van der Waals surface area contributed by atoms with Crippen molar-refractivity contribution < 1.29 is 19.4 Å². The molecular weight excluding hydrogens is 222 g/mol. The number of carbonyl (C=O) groups is 1. The second-order valence-corrected chi connectivity index (χ2v) is 4.23. The van der Waals surface area contributed by atoms with Crippen LogP contribution in [0.5, 0.6) is 5.75 Å². The molecule has 1 aromatic heterocycles. The van der Waals surface area contributed by atoms with Gasteiger partial charge >= 0.3 is 5.97 Å². The molecule has 0 aliphatic rings. The number of hydrogen-bond donors (Lipinski definition) is 1. The van der Waals surface area contributed by atoms with Gasteiger partial charge in [0.25, 0.3) is 0 Å². The lowest BCUT2D eigenvalue weighted by Crippen LogP contribution is -2.41. The van der Waals surface area contributed by atoms with E-state index in [0.29, 0.717) is 11.4 Å². The summed E-state index contributed by atoms with van der Waals surface area (Å²) in [6, 6.07) is 3.44. The molecule has 5 heteroatoms. The maximum atomic E-state index is 11.3. The molecular formula is C12H17NO4. The number of hydrogen-bond acceptors (Lipinski definition) is 5. The summed E-state index contributed by atoms with van der Waals surface area (Å²) < 4.78 is 9.52. The lowest BCUT2D eigenvalue weighted by atomic mass is 9.82. The van der Waals surface area contributed by atoms with Crippen LogP contribution in [0.4, 0.5) is 0 Å². The first-order valence-electron chi connectivity index (χ1n) is 5.20. The number of carbonyl (C=O) groups excluding carboxylic acids is 1. The average Bonchev–Trinajstić information content (AvgIpc) is 2.36. The van der Waals surface area contributed by atoms with Gasteiger partial charge < -0.3 is 14.6 Å². The fourth-order valence-electron chi connectivity index (χ4n) is 1.43. The molecule has 1 N–H and O–H groups in total. The second-order valence-electron chi connectivity index (χ2n) is 4.23. The van der Waals surface area contributed by atoms with Crippen LogP contribution < -0.4 is 4.74 Å². The van der Waals surface area contributed by atoms with Crippen molar-refractivity contribution in [3.63, 3.8) is 0 Å². The number of esters is 1. The summed E-state index contributed by atoms with van der Waals surface area (Å²) in [4.78, 5) is 15.5. The van der Waals surface area contributed by atoms with Crippen molar-refractivity contribution in [1.82, 2.24) is 4.98 Å². The van der Waals surface area contributed by atoms with Gasteiger partial charge in [-0.15, -0.1) is 0 Å². The van der Waals surface area contributed by atoms with E-state index in [2.05, 4.69) is 9.72 Å². The molecule has 0 bridgehead atoms. The topological polar surface area (TPSA) is 68.7 Å². The van der Waals surface area contributed by atoms with Gasteiger partial charge in [0.2, 0.25) is 0 Å². The van der Waals surface area contributed by atoms with E-state index < -0.39 is 17.5 Å². The van der Waals surface area contributed by atoms with E-state index in [4.69, 9.17) is 4.74 Å². The first-order valence-corrected chi connectivity index (χ1v) is 5.20. The SMILES string of the molecule is COC(=O)C(O)C(C)(C)c1ccc(OC)cn1. The predicted octanol–water partition coefficient (Wildman–Crippen LogP) is 0.902. The van der Waals surface area contributed by atoms with Crippen LogP contribution in [0, 0.1) is 0 Å². The number of rotatable bonds is 4. The highest BCUT2D eigenvalue weighted by atomic mass is 16.5. The summed E-state index contributed by atoms with van der Waals surface area (Å²) in [7, 11) is 2.79. The highest BCUT2D eigenvalue weighted by Crippen LogP contribution is 2.27. The van der Waals surface area contributed by atoms with Crippen molar-refractivity contribution in [1.29, 1.82) is 0 Å². The molecule has 5 nitrogen and oxygen atoms in total. The molecule has 0 radical (unpaired) electrons. The Hall–Kier alpha value is -1.62. The molecule has 0 fully saturated rings. The quantitative estimate of drug-likeness (QED) is 0.791. The molecule has 0 aliphatic heterocycles. The lowest BCUT2D eigenvalue weighted by Gasteiger charge is -2.27. The normalized spacial score (nSPS) is 13.0. The second kappa shape index (κ2) is 5.14. The van der Waals surface area contributed by atoms with Gasteiger partial charge in [0, 0.05) is 11.1 Å². The van der Waals surface area contributed by atoms with E-state index in [9.17, 15) is 9.90 Å². The zero-order valence-corrected chi connectivity index (χ0v) is 10.4. The van der Waals surface area contributed by atoms with Gasteiger partial charge in [0.1, 0.15) is 5.75 Å². The van der Waals surface area contributed by atoms with Gasteiger partial charge in [-0.05, 0) is 12.1 Å². The maximum absolute atomic E-state index is 11.3. The van der Waals surface area contributed by atoms with Crippen LogP contribution in [0.1, 0.15) is 19.5 Å². The summed E-state index contributed by atoms with van der Waals surface area (Å²) in [5.41, 5.74) is -0.226. The first kappa shape index (κ1) is 13.4. The van der Waals surface area contributed by atoms with E-state index in [1.165, 1.54) is 7.11 Å². The molecule has 17 heavy (non-hydrogen) atoms. The van der Waals surface area contributed by atoms with Crippen molar-refractivity contribution >= 4 is 5.97 Å². The fraction of sp³-hybridized carbons (Fsp3) is 0.500. The van der Waals surface area contributed by atoms with Crippen LogP contribution in [0.3, 0.4) is 0 Å². The van der Waals surface area contributed by atoms with Gasteiger partial charge in [-0.2, -0.15) is 0 Å². The van der Waals surface area contributed by atoms with E-state index in [0.717, 1.165) is 0 Å². The molecule has 0 aromatic carbocycles. The van der Waals surface area contributed by atoms with Crippen molar-refractivity contribution in [2.75, 3.05) is 14.2 Å². The number of ether oxygens (including phenoxy) is 2. The summed E-state index contributed by atoms with van der Waals surface area (Å²) >= 11 is 0. The number of nitrogens with zero attached hydrogens (tertiary/aromatic N) is 1. The number of methoxy groups -OCH3 is 2. The Kier molecular flexibility index (Phi) is 4.07. The van der Waals surface area contributed by atoms with Crippen LogP contribution in [-0.4, -0.2) is 36.4 Å². The zero-order chi connectivity index (χ0) is 13.1. The van der Waals surface area contributed by atoms with Gasteiger partial charge in [-0.25, -0.2) is 4.79 Å². The first-order chi connectivity index (χ1) is 7.93. The number of pyridine rings is 1. The van der Waals surface area contributed by atoms with E-state index in [1.54, 1.807) is 39.3 Å². The van der Waals surface area contributed by atoms with Gasteiger partial charge in [0.05, 0.1) is 20.4 Å². The average molecular weight is 239 g/mol. The Labute approximate surface area is 100 Å². The summed E-state index contributed by atoms with van der Waals surface area (Å²) in [6.07, 6.45) is 0.287. The monoisotopic (exact) mass is 239 g/mol. The fourth-order valence-corrected chi connectivity index (χ4v) is 1.43. The zero-order valence-electron chi connectivity index (χ0n) is 10.4. The highest BCUT2D eigenvalue weighted by molar-refractivity contribution is 5.76. The van der Waals surface area contributed by atoms with Crippen LogP contribution in [0.2, 0.25) is 0 Å². The summed E-state index contributed by atoms with van der Waals surface area (Å²) in [6.45, 7) is 3.45. The smallest absolute Gasteiger partial charge is 0.335 e. The Morgan fingerprint density at radius 2 is 2.06 bits per heavy atom. The molecule has 0 saturated carbocycles. The number of aliphatic hydroxyl groups is 1. The van der Waals surface area contributed by atoms with Gasteiger partial charge in [0.15, 0.2) is 6.10 Å². The summed E-state index contributed by atoms with van der Waals surface area (Å²) in [5.74, 6) is -0.0512. The van der Waals surface area contributed by atoms with Crippen molar-refractivity contribution in [2.45, 2.75) is 25.4 Å². The third-order valence-corrected chi connectivity index (χ3v) is 2.74. The van der Waals surface area contributed by atoms with Crippen molar-refractivity contribution in [3.05, 3.63) is 24.0 Å². The molecule has 1 rings (SSSR count). The number of aliphatic hydroxyl groups excluding tert-OH is 1. The molecule has 1 heterocycles. The number of aromatic nitrogens is 1. The largest absolute Gasteiger partial charge is 0.495 e. The third-order valence-electron chi connectivity index (χ3n) is 2.74. The molecule has 0 aliphatic carbocycles. The van der Waals surface area contributed by atoms with Crippen LogP contribution in [0.15, 0.2) is 18.3 Å². The Balaban J connectivity index is 2.99. The van der Waals surface area contributed by atoms with Crippen molar-refractivity contribution in [3.8, 4) is 5.75 Å². The van der Waals surface area contributed by atoms with E-state index in [-0.39, 0.29) is 0 Å². The Morgan fingerprint density at radius 1 is 1.41 bits per heavy atom. The van der Waals surface area contributed by atoms with Crippen molar-refractivity contribution in [2.24, 2.45) is 0 Å². The molecule has 0 spiro atoms. The Morgan fingerprint density at radius 3 is 2.47 bits per heavy atom. The lowest BCUT2D eigenvalue weighted by molar-refractivity contribution is -0.153.